The van der Waals surface area contributed by atoms with Crippen molar-refractivity contribution in [3.05, 3.63) is 96.6 Å². The van der Waals surface area contributed by atoms with Crippen molar-refractivity contribution in [1.82, 2.24) is 14.7 Å². The Morgan fingerprint density at radius 2 is 1.36 bits per heavy atom. The van der Waals surface area contributed by atoms with Crippen LogP contribution in [0.4, 0.5) is 21.0 Å². The molecule has 3 atom stereocenters. The van der Waals surface area contributed by atoms with Crippen LogP contribution in [-0.4, -0.2) is 68.5 Å². The summed E-state index contributed by atoms with van der Waals surface area (Å²) in [5, 5.41) is 10.4. The first kappa shape index (κ1) is 26.3. The second-order valence-electron chi connectivity index (χ2n) is 10.4. The maximum Gasteiger partial charge on any atom is 0.329 e. The fraction of sp³-hybridized carbons (Fsp3) is 0.323. The zero-order valence-electron chi connectivity index (χ0n) is 22.3. The van der Waals surface area contributed by atoms with E-state index in [0.29, 0.717) is 30.8 Å². The highest BCUT2D eigenvalue weighted by Crippen LogP contribution is 2.38. The summed E-state index contributed by atoms with van der Waals surface area (Å²) in [6.45, 7) is 4.53. The summed E-state index contributed by atoms with van der Waals surface area (Å²) in [7, 11) is 0. The monoisotopic (exact) mass is 526 g/mol. The third kappa shape index (κ3) is 5.19. The van der Waals surface area contributed by atoms with E-state index in [1.165, 1.54) is 4.90 Å². The summed E-state index contributed by atoms with van der Waals surface area (Å²) in [6, 6.07) is 25.6. The molecule has 2 fully saturated rings. The zero-order valence-corrected chi connectivity index (χ0v) is 22.3. The Balaban J connectivity index is 1.46. The molecule has 2 saturated heterocycles. The van der Waals surface area contributed by atoms with Crippen LogP contribution in [0.1, 0.15) is 32.3 Å². The highest BCUT2D eigenvalue weighted by atomic mass is 16.4. The highest BCUT2D eigenvalue weighted by Gasteiger charge is 2.54. The van der Waals surface area contributed by atoms with Crippen molar-refractivity contribution in [2.75, 3.05) is 11.4 Å². The molecule has 2 bridgehead atoms. The van der Waals surface area contributed by atoms with Crippen molar-refractivity contribution in [2.45, 2.75) is 57.4 Å². The maximum absolute atomic E-state index is 14.2. The van der Waals surface area contributed by atoms with Gasteiger partial charge in [-0.25, -0.2) is 14.4 Å². The average Bonchev–Trinajstić information content (AvgIpc) is 3.25. The number of carboxylic acid groups (broad SMARTS) is 1. The van der Waals surface area contributed by atoms with Crippen molar-refractivity contribution in [1.29, 1.82) is 0 Å². The smallest absolute Gasteiger partial charge is 0.329 e. The van der Waals surface area contributed by atoms with Gasteiger partial charge in [0.25, 0.3) is 0 Å². The van der Waals surface area contributed by atoms with Gasteiger partial charge >= 0.3 is 18.0 Å². The Hall–Kier alpha value is -4.33. The Kier molecular flexibility index (Phi) is 7.54. The molecule has 202 valence electrons. The van der Waals surface area contributed by atoms with Crippen LogP contribution in [0.2, 0.25) is 0 Å². The Labute approximate surface area is 229 Å². The van der Waals surface area contributed by atoms with Gasteiger partial charge in [-0.05, 0) is 56.5 Å². The predicted octanol–water partition coefficient (Wildman–Crippen LogP) is 5.58. The van der Waals surface area contributed by atoms with Crippen LogP contribution in [0.3, 0.4) is 0 Å². The number of carbonyl (C=O) groups is 3. The first-order chi connectivity index (χ1) is 18.9. The molecule has 0 spiro atoms. The number of carbonyl (C=O) groups excluding carboxylic acids is 2. The van der Waals surface area contributed by atoms with Gasteiger partial charge in [-0.2, -0.15) is 0 Å². The van der Waals surface area contributed by atoms with Gasteiger partial charge in [0.1, 0.15) is 0 Å². The van der Waals surface area contributed by atoms with Gasteiger partial charge in [-0.1, -0.05) is 66.7 Å². The number of carboxylic acids is 1. The van der Waals surface area contributed by atoms with E-state index in [-0.39, 0.29) is 24.7 Å². The number of rotatable bonds is 6. The van der Waals surface area contributed by atoms with E-state index in [0.717, 1.165) is 5.56 Å². The second-order valence-corrected chi connectivity index (χ2v) is 10.4. The van der Waals surface area contributed by atoms with E-state index in [9.17, 15) is 19.5 Å². The molecule has 3 aromatic rings. The standard InChI is InChI=1S/C31H34N4O4/c1-22(2)32(20-23-12-6-3-7-13-23)30(38)35-26-18-19-27(35)28(29(36)37)33(21-26)31(39)34(24-14-8-4-9-15-24)25-16-10-5-11-17-25/h3-17,22,26-28H,18-21H2,1-2H3,(H,36,37)/t26-,27+,28-/m0/s1. The van der Waals surface area contributed by atoms with E-state index in [1.807, 2.05) is 105 Å². The summed E-state index contributed by atoms with van der Waals surface area (Å²) in [4.78, 5) is 47.4. The van der Waals surface area contributed by atoms with Crippen molar-refractivity contribution < 1.29 is 19.5 Å². The molecule has 1 N–H and O–H groups in total. The normalized spacial score (nSPS) is 20.1. The zero-order chi connectivity index (χ0) is 27.5. The van der Waals surface area contributed by atoms with Crippen LogP contribution in [0.15, 0.2) is 91.0 Å². The number of anilines is 2. The Morgan fingerprint density at radius 1 is 0.821 bits per heavy atom. The molecular formula is C31H34N4O4. The lowest BCUT2D eigenvalue weighted by atomic mass is 10.0. The molecule has 0 aromatic heterocycles. The van der Waals surface area contributed by atoms with Crippen LogP contribution < -0.4 is 4.90 Å². The van der Waals surface area contributed by atoms with Crippen molar-refractivity contribution in [3.8, 4) is 0 Å². The predicted molar refractivity (Wildman–Crippen MR) is 150 cm³/mol. The average molecular weight is 527 g/mol. The van der Waals surface area contributed by atoms with E-state index in [1.54, 1.807) is 14.7 Å². The number of benzene rings is 3. The van der Waals surface area contributed by atoms with Crippen LogP contribution in [0.5, 0.6) is 0 Å². The molecule has 4 amide bonds. The van der Waals surface area contributed by atoms with Crippen molar-refractivity contribution >= 4 is 29.4 Å². The maximum atomic E-state index is 14.2. The molecular weight excluding hydrogens is 492 g/mol. The number of fused-ring (bicyclic) bond motifs is 2. The minimum Gasteiger partial charge on any atom is -0.480 e. The molecule has 0 unspecified atom stereocenters. The SMILES string of the molecule is CC(C)N(Cc1ccccc1)C(=O)N1[C@H]2CC[C@@H]1[C@@H](C(=O)O)N(C(=O)N(c1ccccc1)c1ccccc1)C2. The number of hydrogen-bond acceptors (Lipinski definition) is 3. The van der Waals surface area contributed by atoms with E-state index in [2.05, 4.69) is 0 Å². The number of likely N-dealkylation sites (tertiary alicyclic amines) is 1. The van der Waals surface area contributed by atoms with Gasteiger partial charge in [-0.15, -0.1) is 0 Å². The third-order valence-corrected chi connectivity index (χ3v) is 7.66. The molecule has 39 heavy (non-hydrogen) atoms. The third-order valence-electron chi connectivity index (χ3n) is 7.66. The molecule has 0 saturated carbocycles. The summed E-state index contributed by atoms with van der Waals surface area (Å²) < 4.78 is 0. The highest BCUT2D eigenvalue weighted by molar-refractivity contribution is 6.01. The van der Waals surface area contributed by atoms with Crippen LogP contribution in [-0.2, 0) is 11.3 Å². The largest absolute Gasteiger partial charge is 0.480 e. The van der Waals surface area contributed by atoms with E-state index < -0.39 is 24.1 Å². The van der Waals surface area contributed by atoms with Gasteiger partial charge in [0.2, 0.25) is 0 Å². The van der Waals surface area contributed by atoms with Crippen LogP contribution in [0.25, 0.3) is 0 Å². The summed E-state index contributed by atoms with van der Waals surface area (Å²) in [5.74, 6) is -1.10. The lowest BCUT2D eigenvalue weighted by Crippen LogP contribution is -2.67. The first-order valence-electron chi connectivity index (χ1n) is 13.4. The fourth-order valence-electron chi connectivity index (χ4n) is 5.79. The second kappa shape index (κ2) is 11.2. The summed E-state index contributed by atoms with van der Waals surface area (Å²) >= 11 is 0. The lowest BCUT2D eigenvalue weighted by molar-refractivity contribution is -0.145. The van der Waals surface area contributed by atoms with Crippen LogP contribution >= 0.6 is 0 Å². The topological polar surface area (TPSA) is 84.4 Å². The number of urea groups is 2. The first-order valence-corrected chi connectivity index (χ1v) is 13.4. The lowest BCUT2D eigenvalue weighted by Gasteiger charge is -2.47. The van der Waals surface area contributed by atoms with Gasteiger partial charge < -0.3 is 19.8 Å². The van der Waals surface area contributed by atoms with Gasteiger partial charge in [0, 0.05) is 19.1 Å². The fourth-order valence-corrected chi connectivity index (χ4v) is 5.79. The quantitative estimate of drug-likeness (QED) is 0.455. The molecule has 0 radical (unpaired) electrons. The number of hydrogen-bond donors (Lipinski definition) is 1. The number of amides is 4. The molecule has 8 heteroatoms. The summed E-state index contributed by atoms with van der Waals surface area (Å²) in [5.41, 5.74) is 2.31. The van der Waals surface area contributed by atoms with E-state index >= 15 is 0 Å². The van der Waals surface area contributed by atoms with E-state index in [4.69, 9.17) is 0 Å². The van der Waals surface area contributed by atoms with Crippen molar-refractivity contribution in [3.63, 3.8) is 0 Å². The van der Waals surface area contributed by atoms with Gasteiger partial charge in [-0.3, -0.25) is 4.90 Å². The molecule has 2 aliphatic heterocycles. The molecule has 2 heterocycles. The number of nitrogens with zero attached hydrogens (tertiary/aromatic N) is 4. The molecule has 0 aliphatic carbocycles. The summed E-state index contributed by atoms with van der Waals surface area (Å²) in [6.07, 6.45) is 1.18. The minimum atomic E-state index is -1.15. The minimum absolute atomic E-state index is 0.0771. The number of piperazine rings is 1. The molecule has 5 rings (SSSR count). The van der Waals surface area contributed by atoms with Gasteiger partial charge in [0.15, 0.2) is 6.04 Å². The number of para-hydroxylation sites is 2. The van der Waals surface area contributed by atoms with Crippen molar-refractivity contribution in [2.24, 2.45) is 0 Å². The Bertz CT molecular complexity index is 1260. The van der Waals surface area contributed by atoms with Crippen LogP contribution in [0, 0.1) is 0 Å². The Morgan fingerprint density at radius 3 is 1.87 bits per heavy atom. The molecule has 3 aromatic carbocycles. The van der Waals surface area contributed by atoms with Gasteiger partial charge in [0.05, 0.1) is 23.5 Å². The molecule has 2 aliphatic rings. The molecule has 8 nitrogen and oxygen atoms in total. The number of aliphatic carboxylic acids is 1.